The average Bonchev–Trinajstić information content (AvgIpc) is 3.72. The molecule has 1 atom stereocenters. The van der Waals surface area contributed by atoms with Crippen molar-refractivity contribution in [1.82, 2.24) is 10.3 Å². The highest BCUT2D eigenvalue weighted by Gasteiger charge is 2.18. The van der Waals surface area contributed by atoms with Gasteiger partial charge in [-0.2, -0.15) is 0 Å². The first-order chi connectivity index (χ1) is 20.9. The zero-order valence-corrected chi connectivity index (χ0v) is 25.2. The van der Waals surface area contributed by atoms with Crippen molar-refractivity contribution in [2.75, 3.05) is 10.6 Å². The molecule has 11 heteroatoms. The molecule has 0 fully saturated rings. The summed E-state index contributed by atoms with van der Waals surface area (Å²) in [5.74, 6) is -1.82. The molecule has 43 heavy (non-hydrogen) atoms. The molecule has 1 unspecified atom stereocenters. The maximum atomic E-state index is 14.4. The molecule has 3 N–H and O–H groups in total. The van der Waals surface area contributed by atoms with Gasteiger partial charge in [0.15, 0.2) is 5.13 Å². The Morgan fingerprint density at radius 2 is 1.63 bits per heavy atom. The zero-order valence-electron chi connectivity index (χ0n) is 22.7. The standard InChI is InChI=1S/C32H25FN4O3S3/c1-20(29(38)37-32-36-27(19-42-32)28-12-7-17-41-28)43-24-15-13-23(14-16-24)34-31(40)26(18-22-10-5-6-11-25(22)33)35-30(39)21-8-3-2-4-9-21/h2-20H,1H3,(H,34,40)(H,35,39)(H,36,37,38)/b26-18-. The number of anilines is 2. The predicted molar refractivity (Wildman–Crippen MR) is 173 cm³/mol. The fraction of sp³-hybridized carbons (Fsp3) is 0.0625. The highest BCUT2D eigenvalue weighted by atomic mass is 32.2. The van der Waals surface area contributed by atoms with E-state index >= 15 is 0 Å². The first-order valence-electron chi connectivity index (χ1n) is 13.1. The van der Waals surface area contributed by atoms with Crippen molar-refractivity contribution in [3.63, 3.8) is 0 Å². The van der Waals surface area contributed by atoms with Gasteiger partial charge in [-0.05, 0) is 66.9 Å². The number of amides is 3. The lowest BCUT2D eigenvalue weighted by molar-refractivity contribution is -0.115. The Labute approximate surface area is 259 Å². The van der Waals surface area contributed by atoms with Gasteiger partial charge in [0.05, 0.1) is 15.8 Å². The number of aromatic nitrogens is 1. The van der Waals surface area contributed by atoms with Crippen molar-refractivity contribution in [3.05, 3.63) is 124 Å². The van der Waals surface area contributed by atoms with E-state index in [-0.39, 0.29) is 17.2 Å². The summed E-state index contributed by atoms with van der Waals surface area (Å²) in [7, 11) is 0. The molecule has 5 rings (SSSR count). The molecule has 216 valence electrons. The number of rotatable bonds is 10. The summed E-state index contributed by atoms with van der Waals surface area (Å²) in [5.41, 5.74) is 1.68. The fourth-order valence-corrected chi connectivity index (χ4v) is 6.18. The predicted octanol–water partition coefficient (Wildman–Crippen LogP) is 7.54. The third kappa shape index (κ3) is 8.04. The maximum Gasteiger partial charge on any atom is 0.272 e. The van der Waals surface area contributed by atoms with Gasteiger partial charge in [0.1, 0.15) is 11.5 Å². The molecule has 0 aliphatic carbocycles. The number of nitrogens with zero attached hydrogens (tertiary/aromatic N) is 1. The molecule has 0 saturated heterocycles. The lowest BCUT2D eigenvalue weighted by Crippen LogP contribution is -2.30. The van der Waals surface area contributed by atoms with Crippen molar-refractivity contribution >= 4 is 69.1 Å². The summed E-state index contributed by atoms with van der Waals surface area (Å²) in [6.07, 6.45) is 1.29. The Kier molecular flexibility index (Phi) is 9.77. The van der Waals surface area contributed by atoms with Crippen LogP contribution < -0.4 is 16.0 Å². The summed E-state index contributed by atoms with van der Waals surface area (Å²) >= 11 is 4.33. The molecular formula is C32H25FN4O3S3. The van der Waals surface area contributed by atoms with E-state index in [4.69, 9.17) is 0 Å². The van der Waals surface area contributed by atoms with Gasteiger partial charge in [-0.1, -0.05) is 42.5 Å². The van der Waals surface area contributed by atoms with E-state index in [1.54, 1.807) is 85.0 Å². The van der Waals surface area contributed by atoms with Gasteiger partial charge in [-0.3, -0.25) is 14.4 Å². The van der Waals surface area contributed by atoms with Crippen LogP contribution in [0.5, 0.6) is 0 Å². The minimum atomic E-state index is -0.619. The summed E-state index contributed by atoms with van der Waals surface area (Å²) in [4.78, 5) is 45.1. The van der Waals surface area contributed by atoms with Gasteiger partial charge in [-0.15, -0.1) is 34.4 Å². The highest BCUT2D eigenvalue weighted by molar-refractivity contribution is 8.00. The van der Waals surface area contributed by atoms with E-state index in [0.717, 1.165) is 15.5 Å². The van der Waals surface area contributed by atoms with Crippen LogP contribution in [0.2, 0.25) is 0 Å². The van der Waals surface area contributed by atoms with Gasteiger partial charge in [0, 0.05) is 27.1 Å². The average molecular weight is 629 g/mol. The molecule has 0 radical (unpaired) electrons. The van der Waals surface area contributed by atoms with E-state index in [0.29, 0.717) is 16.4 Å². The number of thioether (sulfide) groups is 1. The van der Waals surface area contributed by atoms with Crippen LogP contribution in [0.4, 0.5) is 15.2 Å². The molecule has 3 aromatic carbocycles. The van der Waals surface area contributed by atoms with E-state index in [2.05, 4.69) is 20.9 Å². The molecule has 3 amide bonds. The van der Waals surface area contributed by atoms with Gasteiger partial charge >= 0.3 is 0 Å². The fourth-order valence-electron chi connectivity index (χ4n) is 3.84. The SMILES string of the molecule is CC(Sc1ccc(NC(=O)/C(=C/c2ccccc2F)NC(=O)c2ccccc2)cc1)C(=O)Nc1nc(-c2cccs2)cs1. The minimum absolute atomic E-state index is 0.118. The van der Waals surface area contributed by atoms with E-state index in [1.807, 2.05) is 22.9 Å². The van der Waals surface area contributed by atoms with Crippen molar-refractivity contribution in [2.24, 2.45) is 0 Å². The smallest absolute Gasteiger partial charge is 0.272 e. The molecule has 0 bridgehead atoms. The van der Waals surface area contributed by atoms with Crippen LogP contribution in [-0.4, -0.2) is 28.0 Å². The molecular weight excluding hydrogens is 604 g/mol. The van der Waals surface area contributed by atoms with Crippen LogP contribution in [0.3, 0.4) is 0 Å². The third-order valence-corrected chi connectivity index (χ3v) is 8.80. The lowest BCUT2D eigenvalue weighted by Gasteiger charge is -2.13. The Balaban J connectivity index is 1.22. The Morgan fingerprint density at radius 3 is 2.35 bits per heavy atom. The van der Waals surface area contributed by atoms with Crippen LogP contribution in [-0.2, 0) is 9.59 Å². The van der Waals surface area contributed by atoms with Gasteiger partial charge in [-0.25, -0.2) is 9.37 Å². The summed E-state index contributed by atoms with van der Waals surface area (Å²) < 4.78 is 14.4. The second-order valence-corrected chi connectivity index (χ2v) is 12.4. The van der Waals surface area contributed by atoms with Crippen molar-refractivity contribution in [3.8, 4) is 10.6 Å². The molecule has 2 aromatic heterocycles. The monoisotopic (exact) mass is 628 g/mol. The first-order valence-corrected chi connectivity index (χ1v) is 15.7. The molecule has 0 spiro atoms. The number of carbonyl (C=O) groups excluding carboxylic acids is 3. The number of thiophene rings is 1. The zero-order chi connectivity index (χ0) is 30.2. The van der Waals surface area contributed by atoms with Crippen molar-refractivity contribution < 1.29 is 18.8 Å². The summed E-state index contributed by atoms with van der Waals surface area (Å²) in [5, 5.41) is 12.2. The summed E-state index contributed by atoms with van der Waals surface area (Å²) in [6.45, 7) is 1.80. The quantitative estimate of drug-likeness (QED) is 0.110. The molecule has 0 aliphatic heterocycles. The number of carbonyl (C=O) groups is 3. The lowest BCUT2D eigenvalue weighted by atomic mass is 10.1. The van der Waals surface area contributed by atoms with E-state index in [9.17, 15) is 18.8 Å². The first kappa shape index (κ1) is 29.9. The Morgan fingerprint density at radius 1 is 0.884 bits per heavy atom. The molecule has 2 heterocycles. The van der Waals surface area contributed by atoms with Crippen molar-refractivity contribution in [1.29, 1.82) is 0 Å². The Hall–Kier alpha value is -4.58. The number of benzene rings is 3. The minimum Gasteiger partial charge on any atom is -0.321 e. The number of halogens is 1. The van der Waals surface area contributed by atoms with E-state index in [1.165, 1.54) is 41.3 Å². The van der Waals surface area contributed by atoms with Crippen molar-refractivity contribution in [2.45, 2.75) is 17.1 Å². The number of thiazole rings is 1. The highest BCUT2D eigenvalue weighted by Crippen LogP contribution is 2.30. The van der Waals surface area contributed by atoms with Gasteiger partial charge < -0.3 is 16.0 Å². The normalized spacial score (nSPS) is 11.9. The number of nitrogens with one attached hydrogen (secondary N) is 3. The van der Waals surface area contributed by atoms with Crippen LogP contribution >= 0.6 is 34.4 Å². The summed E-state index contributed by atoms with van der Waals surface area (Å²) in [6, 6.07) is 25.3. The van der Waals surface area contributed by atoms with Crippen LogP contribution in [0.1, 0.15) is 22.8 Å². The second-order valence-electron chi connectivity index (χ2n) is 9.14. The third-order valence-electron chi connectivity index (χ3n) is 6.04. The largest absolute Gasteiger partial charge is 0.321 e. The van der Waals surface area contributed by atoms with Crippen LogP contribution in [0.25, 0.3) is 16.6 Å². The molecule has 0 aliphatic rings. The Bertz CT molecular complexity index is 1750. The molecule has 5 aromatic rings. The maximum absolute atomic E-state index is 14.4. The second kappa shape index (κ2) is 14.1. The number of hydrogen-bond acceptors (Lipinski definition) is 7. The van der Waals surface area contributed by atoms with Crippen LogP contribution in [0, 0.1) is 5.82 Å². The topological polar surface area (TPSA) is 100 Å². The van der Waals surface area contributed by atoms with Gasteiger partial charge in [0.25, 0.3) is 11.8 Å². The van der Waals surface area contributed by atoms with Crippen LogP contribution in [0.15, 0.2) is 112 Å². The molecule has 7 nitrogen and oxygen atoms in total. The van der Waals surface area contributed by atoms with E-state index < -0.39 is 22.9 Å². The van der Waals surface area contributed by atoms with Gasteiger partial charge in [0.2, 0.25) is 5.91 Å². The molecule has 0 saturated carbocycles. The number of hydrogen-bond donors (Lipinski definition) is 3.